The van der Waals surface area contributed by atoms with E-state index in [2.05, 4.69) is 10.4 Å². The lowest BCUT2D eigenvalue weighted by molar-refractivity contribution is 0.476. The number of fused-ring (bicyclic) bond motifs is 1. The maximum atomic E-state index is 9.37. The number of benzene rings is 1. The lowest BCUT2D eigenvalue weighted by Crippen LogP contribution is -2.26. The number of hydrogen-bond acceptors (Lipinski definition) is 3. The molecule has 3 rings (SSSR count). The number of nitrogens with one attached hydrogen (secondary N) is 1. The Morgan fingerprint density at radius 1 is 1.50 bits per heavy atom. The van der Waals surface area contributed by atoms with E-state index in [1.165, 1.54) is 12.8 Å². The fourth-order valence-corrected chi connectivity index (χ4v) is 2.30. The van der Waals surface area contributed by atoms with E-state index in [-0.39, 0.29) is 0 Å². The fraction of sp³-hybridized carbons (Fsp3) is 0.417. The van der Waals surface area contributed by atoms with E-state index < -0.39 is 0 Å². The Morgan fingerprint density at radius 2 is 2.44 bits per heavy atom. The van der Waals surface area contributed by atoms with Crippen LogP contribution in [0.15, 0.2) is 24.4 Å². The van der Waals surface area contributed by atoms with Crippen LogP contribution >= 0.6 is 0 Å². The third-order valence-electron chi connectivity index (χ3n) is 3.11. The van der Waals surface area contributed by atoms with Crippen molar-refractivity contribution in [2.24, 2.45) is 0 Å². The highest BCUT2D eigenvalue weighted by atomic mass is 16.3. The Kier molecular flexibility index (Phi) is 2.29. The summed E-state index contributed by atoms with van der Waals surface area (Å²) in [4.78, 5) is 0. The van der Waals surface area contributed by atoms with E-state index in [4.69, 9.17) is 0 Å². The van der Waals surface area contributed by atoms with Crippen LogP contribution < -0.4 is 5.32 Å². The SMILES string of the molecule is Oc1ccc2nn(CC3CCCN3)cc2c1. The number of rotatable bonds is 2. The Labute approximate surface area is 93.9 Å². The molecular formula is C12H15N3O. The predicted octanol–water partition coefficient (Wildman–Crippen LogP) is 1.49. The first-order valence-electron chi connectivity index (χ1n) is 5.71. The van der Waals surface area contributed by atoms with Crippen molar-refractivity contribution in [3.05, 3.63) is 24.4 Å². The molecule has 1 fully saturated rings. The molecule has 2 aromatic rings. The van der Waals surface area contributed by atoms with E-state index in [1.54, 1.807) is 12.1 Å². The summed E-state index contributed by atoms with van der Waals surface area (Å²) in [6.45, 7) is 2.03. The van der Waals surface area contributed by atoms with Gasteiger partial charge in [0.15, 0.2) is 0 Å². The minimum absolute atomic E-state index is 0.297. The number of phenolic OH excluding ortho intramolecular Hbond substituents is 1. The monoisotopic (exact) mass is 217 g/mol. The van der Waals surface area contributed by atoms with Gasteiger partial charge in [0.25, 0.3) is 0 Å². The third-order valence-corrected chi connectivity index (χ3v) is 3.11. The van der Waals surface area contributed by atoms with Gasteiger partial charge in [-0.05, 0) is 37.6 Å². The Morgan fingerprint density at radius 3 is 3.25 bits per heavy atom. The first-order valence-corrected chi connectivity index (χ1v) is 5.71. The van der Waals surface area contributed by atoms with Crippen LogP contribution in [0.5, 0.6) is 5.75 Å². The van der Waals surface area contributed by atoms with Crippen LogP contribution in [0, 0.1) is 0 Å². The maximum absolute atomic E-state index is 9.37. The highest BCUT2D eigenvalue weighted by Crippen LogP contribution is 2.19. The molecule has 84 valence electrons. The molecule has 4 nitrogen and oxygen atoms in total. The van der Waals surface area contributed by atoms with Crippen LogP contribution in [0.3, 0.4) is 0 Å². The molecule has 1 aliphatic heterocycles. The number of hydrogen-bond donors (Lipinski definition) is 2. The van der Waals surface area contributed by atoms with E-state index in [0.29, 0.717) is 11.8 Å². The van der Waals surface area contributed by atoms with E-state index in [9.17, 15) is 5.11 Å². The molecule has 2 N–H and O–H groups in total. The molecule has 1 aromatic heterocycles. The number of aromatic hydroxyl groups is 1. The Hall–Kier alpha value is -1.55. The Bertz CT molecular complexity index is 500. The van der Waals surface area contributed by atoms with E-state index in [1.807, 2.05) is 16.9 Å². The molecule has 1 saturated heterocycles. The molecule has 1 aromatic carbocycles. The van der Waals surface area contributed by atoms with Gasteiger partial charge >= 0.3 is 0 Å². The summed E-state index contributed by atoms with van der Waals surface area (Å²) in [6.07, 6.45) is 4.47. The summed E-state index contributed by atoms with van der Waals surface area (Å²) in [5.41, 5.74) is 0.941. The molecule has 0 bridgehead atoms. The van der Waals surface area contributed by atoms with Crippen molar-refractivity contribution in [1.29, 1.82) is 0 Å². The number of phenols is 1. The minimum Gasteiger partial charge on any atom is -0.508 e. The fourth-order valence-electron chi connectivity index (χ4n) is 2.30. The Balaban J connectivity index is 1.86. The minimum atomic E-state index is 0.297. The summed E-state index contributed by atoms with van der Waals surface area (Å²) in [5.74, 6) is 0.297. The van der Waals surface area contributed by atoms with Crippen LogP contribution in [-0.4, -0.2) is 27.5 Å². The summed E-state index contributed by atoms with van der Waals surface area (Å²) in [5, 5.41) is 18.3. The zero-order chi connectivity index (χ0) is 11.0. The summed E-state index contributed by atoms with van der Waals surface area (Å²) in [7, 11) is 0. The van der Waals surface area contributed by atoms with Crippen molar-refractivity contribution in [2.75, 3.05) is 6.54 Å². The van der Waals surface area contributed by atoms with E-state index in [0.717, 1.165) is 24.0 Å². The van der Waals surface area contributed by atoms with Crippen LogP contribution in [0.1, 0.15) is 12.8 Å². The van der Waals surface area contributed by atoms with E-state index >= 15 is 0 Å². The number of aromatic nitrogens is 2. The second-order valence-corrected chi connectivity index (χ2v) is 4.39. The molecular weight excluding hydrogens is 202 g/mol. The van der Waals surface area contributed by atoms with Gasteiger partial charge in [-0.2, -0.15) is 5.10 Å². The zero-order valence-corrected chi connectivity index (χ0v) is 9.06. The van der Waals surface area contributed by atoms with Crippen LogP contribution in [0.4, 0.5) is 0 Å². The topological polar surface area (TPSA) is 50.1 Å². The quantitative estimate of drug-likeness (QED) is 0.801. The first-order chi connectivity index (χ1) is 7.81. The molecule has 0 radical (unpaired) electrons. The average molecular weight is 217 g/mol. The highest BCUT2D eigenvalue weighted by molar-refractivity contribution is 5.79. The molecule has 0 spiro atoms. The maximum Gasteiger partial charge on any atom is 0.116 e. The van der Waals surface area contributed by atoms with Crippen molar-refractivity contribution in [1.82, 2.24) is 15.1 Å². The first kappa shape index (κ1) is 9.66. The van der Waals surface area contributed by atoms with Gasteiger partial charge in [0.2, 0.25) is 0 Å². The average Bonchev–Trinajstić information content (AvgIpc) is 2.86. The molecule has 1 aliphatic rings. The highest BCUT2D eigenvalue weighted by Gasteiger charge is 2.14. The second kappa shape index (κ2) is 3.79. The van der Waals surface area contributed by atoms with Gasteiger partial charge in [-0.15, -0.1) is 0 Å². The van der Waals surface area contributed by atoms with Gasteiger partial charge < -0.3 is 10.4 Å². The van der Waals surface area contributed by atoms with Crippen LogP contribution in [0.25, 0.3) is 10.9 Å². The lowest BCUT2D eigenvalue weighted by atomic mass is 10.2. The predicted molar refractivity (Wildman–Crippen MR) is 62.4 cm³/mol. The van der Waals surface area contributed by atoms with Crippen molar-refractivity contribution in [3.63, 3.8) is 0 Å². The van der Waals surface area contributed by atoms with Crippen LogP contribution in [-0.2, 0) is 6.54 Å². The van der Waals surface area contributed by atoms with Gasteiger partial charge in [-0.25, -0.2) is 0 Å². The molecule has 2 heterocycles. The van der Waals surface area contributed by atoms with Crippen molar-refractivity contribution in [2.45, 2.75) is 25.4 Å². The summed E-state index contributed by atoms with van der Waals surface area (Å²) in [6, 6.07) is 5.82. The molecule has 4 heteroatoms. The normalized spacial score (nSPS) is 20.6. The zero-order valence-electron chi connectivity index (χ0n) is 9.06. The number of nitrogens with zero attached hydrogens (tertiary/aromatic N) is 2. The third kappa shape index (κ3) is 1.76. The largest absolute Gasteiger partial charge is 0.508 e. The van der Waals surface area contributed by atoms with Crippen LogP contribution in [0.2, 0.25) is 0 Å². The van der Waals surface area contributed by atoms with Gasteiger partial charge in [0.05, 0.1) is 12.1 Å². The van der Waals surface area contributed by atoms with Gasteiger partial charge in [-0.3, -0.25) is 4.68 Å². The second-order valence-electron chi connectivity index (χ2n) is 4.39. The molecule has 1 atom stereocenters. The smallest absolute Gasteiger partial charge is 0.116 e. The standard InChI is InChI=1S/C12H15N3O/c16-11-3-4-12-9(6-11)7-15(14-12)8-10-2-1-5-13-10/h3-4,6-7,10,13,16H,1-2,5,8H2. The molecule has 16 heavy (non-hydrogen) atoms. The van der Waals surface area contributed by atoms with Gasteiger partial charge in [0.1, 0.15) is 5.75 Å². The molecule has 0 aliphatic carbocycles. The molecule has 0 saturated carbocycles. The van der Waals surface area contributed by atoms with Crippen molar-refractivity contribution < 1.29 is 5.11 Å². The van der Waals surface area contributed by atoms with Gasteiger partial charge in [-0.1, -0.05) is 0 Å². The lowest BCUT2D eigenvalue weighted by Gasteiger charge is -2.08. The molecule has 0 amide bonds. The summed E-state index contributed by atoms with van der Waals surface area (Å²) < 4.78 is 1.97. The van der Waals surface area contributed by atoms with Gasteiger partial charge in [0, 0.05) is 17.6 Å². The molecule has 1 unspecified atom stereocenters. The van der Waals surface area contributed by atoms with Crippen molar-refractivity contribution in [3.8, 4) is 5.75 Å². The van der Waals surface area contributed by atoms with Crippen molar-refractivity contribution >= 4 is 10.9 Å². The summed E-state index contributed by atoms with van der Waals surface area (Å²) >= 11 is 0.